The number of carbonyl (C=O) groups excluding carboxylic acids is 1. The van der Waals surface area contributed by atoms with Gasteiger partial charge in [-0.15, -0.1) is 23.1 Å². The molecule has 4 nitrogen and oxygen atoms in total. The zero-order valence-corrected chi connectivity index (χ0v) is 19.5. The monoisotopic (exact) mass is 452 g/mol. The van der Waals surface area contributed by atoms with Crippen molar-refractivity contribution < 1.29 is 9.53 Å². The molecular weight excluding hydrogens is 424 g/mol. The molecule has 0 bridgehead atoms. The van der Waals surface area contributed by atoms with Crippen molar-refractivity contribution in [2.24, 2.45) is 5.92 Å². The van der Waals surface area contributed by atoms with Gasteiger partial charge < -0.3 is 9.64 Å². The second-order valence-corrected chi connectivity index (χ2v) is 9.62. The van der Waals surface area contributed by atoms with Crippen LogP contribution in [0, 0.1) is 5.92 Å². The largest absolute Gasteiger partial charge is 0.497 e. The highest BCUT2D eigenvalue weighted by molar-refractivity contribution is 7.98. The van der Waals surface area contributed by atoms with Crippen LogP contribution in [-0.2, 0) is 12.2 Å². The third-order valence-corrected chi connectivity index (χ3v) is 7.62. The summed E-state index contributed by atoms with van der Waals surface area (Å²) in [7, 11) is 1.70. The Morgan fingerprint density at radius 2 is 1.94 bits per heavy atom. The average Bonchev–Trinajstić information content (AvgIpc) is 3.35. The van der Waals surface area contributed by atoms with E-state index in [1.165, 1.54) is 12.0 Å². The van der Waals surface area contributed by atoms with Crippen LogP contribution < -0.4 is 4.74 Å². The molecule has 0 radical (unpaired) electrons. The van der Waals surface area contributed by atoms with Crippen LogP contribution in [0.3, 0.4) is 0 Å². The number of hydrogen-bond acceptors (Lipinski definition) is 5. The molecule has 0 saturated carbocycles. The molecule has 0 N–H and O–H groups in total. The van der Waals surface area contributed by atoms with E-state index in [0.29, 0.717) is 5.92 Å². The Kier molecular flexibility index (Phi) is 7.65. The van der Waals surface area contributed by atoms with Crippen molar-refractivity contribution in [1.29, 1.82) is 0 Å². The predicted octanol–water partition coefficient (Wildman–Crippen LogP) is 5.93. The van der Waals surface area contributed by atoms with Crippen molar-refractivity contribution in [3.8, 4) is 5.75 Å². The van der Waals surface area contributed by atoms with Gasteiger partial charge >= 0.3 is 0 Å². The minimum Gasteiger partial charge on any atom is -0.497 e. The summed E-state index contributed by atoms with van der Waals surface area (Å²) in [6, 6.07) is 16.3. The van der Waals surface area contributed by atoms with Gasteiger partial charge in [-0.2, -0.15) is 0 Å². The van der Waals surface area contributed by atoms with Crippen molar-refractivity contribution in [3.63, 3.8) is 0 Å². The van der Waals surface area contributed by atoms with Gasteiger partial charge in [0.25, 0.3) is 5.91 Å². The molecule has 0 aliphatic carbocycles. The fraction of sp³-hybridized carbons (Fsp3) is 0.360. The number of nitrogens with zero attached hydrogens (tertiary/aromatic N) is 2. The Balaban J connectivity index is 1.29. The van der Waals surface area contributed by atoms with Crippen LogP contribution in [0.1, 0.15) is 40.9 Å². The fourth-order valence-corrected chi connectivity index (χ4v) is 5.60. The lowest BCUT2D eigenvalue weighted by molar-refractivity contribution is 0.0683. The molecule has 1 aliphatic heterocycles. The van der Waals surface area contributed by atoms with Crippen LogP contribution in [0.25, 0.3) is 0 Å². The van der Waals surface area contributed by atoms with E-state index in [0.717, 1.165) is 60.0 Å². The second kappa shape index (κ2) is 10.8. The Morgan fingerprint density at radius 1 is 1.16 bits per heavy atom. The lowest BCUT2D eigenvalue weighted by Gasteiger charge is -2.32. The summed E-state index contributed by atoms with van der Waals surface area (Å²) >= 11 is 3.30. The molecule has 1 saturated heterocycles. The van der Waals surface area contributed by atoms with E-state index in [4.69, 9.17) is 4.74 Å². The van der Waals surface area contributed by atoms with Gasteiger partial charge in [-0.25, -0.2) is 4.98 Å². The molecular formula is C25H28N2O2S2. The first-order valence-electron chi connectivity index (χ1n) is 10.7. The highest BCUT2D eigenvalue weighted by Crippen LogP contribution is 2.29. The Hall–Kier alpha value is -2.31. The number of likely N-dealkylation sites (tertiary alicyclic amines) is 1. The predicted molar refractivity (Wildman–Crippen MR) is 128 cm³/mol. The maximum Gasteiger partial charge on any atom is 0.254 e. The van der Waals surface area contributed by atoms with Gasteiger partial charge in [0.1, 0.15) is 5.75 Å². The van der Waals surface area contributed by atoms with Crippen molar-refractivity contribution >= 4 is 29.0 Å². The molecule has 0 atom stereocenters. The molecule has 2 heterocycles. The van der Waals surface area contributed by atoms with E-state index >= 15 is 0 Å². The fourth-order valence-electron chi connectivity index (χ4n) is 3.99. The van der Waals surface area contributed by atoms with E-state index in [-0.39, 0.29) is 5.91 Å². The van der Waals surface area contributed by atoms with Crippen LogP contribution in [0.2, 0.25) is 0 Å². The molecule has 162 valence electrons. The van der Waals surface area contributed by atoms with Crippen molar-refractivity contribution in [3.05, 3.63) is 76.2 Å². The standard InChI is InChI=1S/C25H28N2O2S2/c1-29-22-10-8-19(9-11-22)6-7-20-12-14-27(15-13-20)25(28)23-4-2-3-5-24(23)31-17-21-16-30-18-26-21/h2-5,8-11,16,18,20H,6-7,12-15,17H2,1H3. The summed E-state index contributed by atoms with van der Waals surface area (Å²) in [6.45, 7) is 1.69. The van der Waals surface area contributed by atoms with Gasteiger partial charge in [-0.1, -0.05) is 24.3 Å². The van der Waals surface area contributed by atoms with Crippen LogP contribution >= 0.6 is 23.1 Å². The molecule has 1 amide bonds. The molecule has 0 unspecified atom stereocenters. The number of methoxy groups -OCH3 is 1. The molecule has 0 spiro atoms. The first-order chi connectivity index (χ1) is 15.2. The second-order valence-electron chi connectivity index (χ2n) is 7.89. The molecule has 1 aromatic heterocycles. The van der Waals surface area contributed by atoms with Crippen molar-refractivity contribution in [1.82, 2.24) is 9.88 Å². The van der Waals surface area contributed by atoms with Gasteiger partial charge in [0, 0.05) is 29.1 Å². The number of carbonyl (C=O) groups is 1. The molecule has 2 aromatic carbocycles. The number of aryl methyl sites for hydroxylation is 1. The molecule has 4 rings (SSSR count). The number of aromatic nitrogens is 1. The topological polar surface area (TPSA) is 42.4 Å². The number of rotatable bonds is 8. The van der Waals surface area contributed by atoms with Gasteiger partial charge in [-0.3, -0.25) is 4.79 Å². The first kappa shape index (κ1) is 21.9. The number of hydrogen-bond donors (Lipinski definition) is 0. The quantitative estimate of drug-likeness (QED) is 0.397. The van der Waals surface area contributed by atoms with Crippen LogP contribution in [0.15, 0.2) is 64.3 Å². The number of benzene rings is 2. The van der Waals surface area contributed by atoms with Crippen molar-refractivity contribution in [2.75, 3.05) is 20.2 Å². The number of amides is 1. The van der Waals surface area contributed by atoms with Gasteiger partial charge in [0.15, 0.2) is 0 Å². The molecule has 1 fully saturated rings. The Labute approximate surface area is 192 Å². The number of ether oxygens (including phenoxy) is 1. The van der Waals surface area contributed by atoms with Gasteiger partial charge in [-0.05, 0) is 61.4 Å². The smallest absolute Gasteiger partial charge is 0.254 e. The number of piperidine rings is 1. The van der Waals surface area contributed by atoms with E-state index in [9.17, 15) is 4.79 Å². The zero-order chi connectivity index (χ0) is 21.5. The summed E-state index contributed by atoms with van der Waals surface area (Å²) in [5.41, 5.74) is 5.09. The minimum absolute atomic E-state index is 0.162. The van der Waals surface area contributed by atoms with E-state index in [1.807, 2.05) is 46.8 Å². The van der Waals surface area contributed by atoms with Crippen LogP contribution in [0.5, 0.6) is 5.75 Å². The summed E-state index contributed by atoms with van der Waals surface area (Å²) < 4.78 is 5.24. The lowest BCUT2D eigenvalue weighted by Crippen LogP contribution is -2.38. The summed E-state index contributed by atoms with van der Waals surface area (Å²) in [5, 5.41) is 2.06. The third kappa shape index (κ3) is 5.89. The maximum absolute atomic E-state index is 13.2. The average molecular weight is 453 g/mol. The molecule has 6 heteroatoms. The van der Waals surface area contributed by atoms with Crippen LogP contribution in [-0.4, -0.2) is 36.0 Å². The number of thioether (sulfide) groups is 1. The normalized spacial score (nSPS) is 14.5. The third-order valence-electron chi connectivity index (χ3n) is 5.88. The van der Waals surface area contributed by atoms with E-state index < -0.39 is 0 Å². The summed E-state index contributed by atoms with van der Waals surface area (Å²) in [6.07, 6.45) is 4.42. The van der Waals surface area contributed by atoms with E-state index in [2.05, 4.69) is 22.5 Å². The molecule has 31 heavy (non-hydrogen) atoms. The molecule has 3 aromatic rings. The maximum atomic E-state index is 13.2. The SMILES string of the molecule is COc1ccc(CCC2CCN(C(=O)c3ccccc3SCc3cscn3)CC2)cc1. The molecule has 1 aliphatic rings. The van der Waals surface area contributed by atoms with Gasteiger partial charge in [0.05, 0.1) is 23.9 Å². The first-order valence-corrected chi connectivity index (χ1v) is 12.7. The minimum atomic E-state index is 0.162. The number of thiazole rings is 1. The Morgan fingerprint density at radius 3 is 2.65 bits per heavy atom. The summed E-state index contributed by atoms with van der Waals surface area (Å²) in [5.74, 6) is 2.54. The van der Waals surface area contributed by atoms with Crippen LogP contribution in [0.4, 0.5) is 0 Å². The highest BCUT2D eigenvalue weighted by Gasteiger charge is 2.25. The van der Waals surface area contributed by atoms with Gasteiger partial charge in [0.2, 0.25) is 0 Å². The van der Waals surface area contributed by atoms with Crippen molar-refractivity contribution in [2.45, 2.75) is 36.3 Å². The zero-order valence-electron chi connectivity index (χ0n) is 17.8. The highest BCUT2D eigenvalue weighted by atomic mass is 32.2. The Bertz CT molecular complexity index is 965. The summed E-state index contributed by atoms with van der Waals surface area (Å²) in [4.78, 5) is 20.6. The lowest BCUT2D eigenvalue weighted by atomic mass is 9.90. The van der Waals surface area contributed by atoms with E-state index in [1.54, 1.807) is 30.2 Å².